The first-order valence-electron chi connectivity index (χ1n) is 8.00. The number of benzene rings is 1. The summed E-state index contributed by atoms with van der Waals surface area (Å²) in [7, 11) is 0. The lowest BCUT2D eigenvalue weighted by Crippen LogP contribution is -2.50. The van der Waals surface area contributed by atoms with E-state index in [4.69, 9.17) is 0 Å². The highest BCUT2D eigenvalue weighted by Gasteiger charge is 2.33. The zero-order valence-electron chi connectivity index (χ0n) is 14.3. The van der Waals surface area contributed by atoms with Crippen molar-refractivity contribution in [3.63, 3.8) is 0 Å². The van der Waals surface area contributed by atoms with Gasteiger partial charge >= 0.3 is 5.97 Å². The van der Waals surface area contributed by atoms with Crippen molar-refractivity contribution in [2.75, 3.05) is 0 Å². The minimum absolute atomic E-state index is 0.167. The molecule has 0 bridgehead atoms. The molecular weight excluding hydrogens is 320 g/mol. The summed E-state index contributed by atoms with van der Waals surface area (Å²) >= 11 is 0. The number of amides is 1. The van der Waals surface area contributed by atoms with Crippen LogP contribution in [0, 0.1) is 5.92 Å². The number of carboxylic acids is 1. The molecule has 25 heavy (non-hydrogen) atoms. The van der Waals surface area contributed by atoms with Crippen LogP contribution in [0.2, 0.25) is 0 Å². The van der Waals surface area contributed by atoms with Crippen LogP contribution in [0.1, 0.15) is 25.8 Å². The third-order valence-electron chi connectivity index (χ3n) is 4.24. The molecule has 6 heteroatoms. The number of rotatable bonds is 8. The van der Waals surface area contributed by atoms with Crippen LogP contribution in [0.25, 0.3) is 10.9 Å². The van der Waals surface area contributed by atoms with E-state index in [1.54, 1.807) is 20.0 Å². The Kier molecular flexibility index (Phi) is 5.41. The highest BCUT2D eigenvalue weighted by atomic mass is 16.4. The van der Waals surface area contributed by atoms with Gasteiger partial charge in [-0.2, -0.15) is 0 Å². The van der Waals surface area contributed by atoms with E-state index < -0.39 is 23.3 Å². The average Bonchev–Trinajstić information content (AvgIpc) is 2.96. The largest absolute Gasteiger partial charge is 0.481 e. The Morgan fingerprint density at radius 2 is 2.00 bits per heavy atom. The summed E-state index contributed by atoms with van der Waals surface area (Å²) in [6, 6.07) is 7.60. The molecule has 1 unspecified atom stereocenters. The summed E-state index contributed by atoms with van der Waals surface area (Å²) in [4.78, 5) is 38.7. The van der Waals surface area contributed by atoms with Crippen LogP contribution in [0.4, 0.5) is 0 Å². The maximum atomic E-state index is 12.5. The molecule has 1 aromatic carbocycles. The molecule has 1 heterocycles. The Bertz CT molecular complexity index is 820. The molecule has 0 spiro atoms. The van der Waals surface area contributed by atoms with E-state index in [1.165, 1.54) is 0 Å². The SMILES string of the molecule is C=CC(=O)NC(C)(C)C(=O)CC(Cc1c[nH]c2ccccc12)C(=O)O. The number of H-pyrrole nitrogens is 1. The van der Waals surface area contributed by atoms with Gasteiger partial charge in [-0.25, -0.2) is 0 Å². The number of carbonyl (C=O) groups is 3. The second-order valence-corrected chi connectivity index (χ2v) is 6.54. The van der Waals surface area contributed by atoms with Gasteiger partial charge in [0.05, 0.1) is 11.5 Å². The molecular formula is C19H22N2O4. The van der Waals surface area contributed by atoms with Gasteiger partial charge in [0.2, 0.25) is 5.91 Å². The van der Waals surface area contributed by atoms with Gasteiger partial charge in [0, 0.05) is 23.5 Å². The Morgan fingerprint density at radius 1 is 1.32 bits per heavy atom. The molecule has 0 fully saturated rings. The molecule has 1 amide bonds. The molecule has 3 N–H and O–H groups in total. The van der Waals surface area contributed by atoms with Crippen molar-refractivity contribution in [1.82, 2.24) is 10.3 Å². The van der Waals surface area contributed by atoms with Crippen LogP contribution in [0.15, 0.2) is 43.1 Å². The molecule has 6 nitrogen and oxygen atoms in total. The molecule has 0 aliphatic rings. The van der Waals surface area contributed by atoms with Crippen LogP contribution in [-0.2, 0) is 20.8 Å². The number of carboxylic acid groups (broad SMARTS) is 1. The molecule has 0 aliphatic carbocycles. The second-order valence-electron chi connectivity index (χ2n) is 6.54. The summed E-state index contributed by atoms with van der Waals surface area (Å²) in [5.41, 5.74) is 0.620. The topological polar surface area (TPSA) is 99.3 Å². The Hall–Kier alpha value is -2.89. The van der Waals surface area contributed by atoms with E-state index in [0.29, 0.717) is 0 Å². The summed E-state index contributed by atoms with van der Waals surface area (Å²) < 4.78 is 0. The number of ketones is 1. The number of aromatic amines is 1. The number of Topliss-reactive ketones (excluding diaryl/α,β-unsaturated/α-hetero) is 1. The smallest absolute Gasteiger partial charge is 0.307 e. The third kappa shape index (κ3) is 4.35. The number of hydrogen-bond acceptors (Lipinski definition) is 3. The fraction of sp³-hybridized carbons (Fsp3) is 0.316. The predicted octanol–water partition coefficient (Wildman–Crippen LogP) is 2.45. The highest BCUT2D eigenvalue weighted by molar-refractivity contribution is 5.97. The van der Waals surface area contributed by atoms with Gasteiger partial charge in [0.15, 0.2) is 5.78 Å². The van der Waals surface area contributed by atoms with E-state index in [-0.39, 0.29) is 18.6 Å². The molecule has 132 valence electrons. The van der Waals surface area contributed by atoms with Crippen LogP contribution >= 0.6 is 0 Å². The number of nitrogens with one attached hydrogen (secondary N) is 2. The third-order valence-corrected chi connectivity index (χ3v) is 4.24. The second kappa shape index (κ2) is 7.34. The number of aromatic nitrogens is 1. The zero-order valence-corrected chi connectivity index (χ0v) is 14.3. The summed E-state index contributed by atoms with van der Waals surface area (Å²) in [6.45, 7) is 6.46. The van der Waals surface area contributed by atoms with Crippen molar-refractivity contribution >= 4 is 28.6 Å². The monoisotopic (exact) mass is 342 g/mol. The Labute approximate surface area is 145 Å². The van der Waals surface area contributed by atoms with Gasteiger partial charge in [0.25, 0.3) is 0 Å². The van der Waals surface area contributed by atoms with Crippen molar-refractivity contribution in [3.05, 3.63) is 48.7 Å². The van der Waals surface area contributed by atoms with Crippen molar-refractivity contribution in [3.8, 4) is 0 Å². The first-order chi connectivity index (χ1) is 11.7. The maximum absolute atomic E-state index is 12.5. The molecule has 2 aromatic rings. The van der Waals surface area contributed by atoms with Gasteiger partial charge < -0.3 is 15.4 Å². The van der Waals surface area contributed by atoms with Crippen LogP contribution in [-0.4, -0.2) is 33.3 Å². The minimum Gasteiger partial charge on any atom is -0.481 e. The lowest BCUT2D eigenvalue weighted by Gasteiger charge is -2.25. The van der Waals surface area contributed by atoms with E-state index in [0.717, 1.165) is 22.5 Å². The van der Waals surface area contributed by atoms with Gasteiger partial charge in [-0.1, -0.05) is 24.8 Å². The van der Waals surface area contributed by atoms with Crippen molar-refractivity contribution < 1.29 is 19.5 Å². The quantitative estimate of drug-likeness (QED) is 0.642. The van der Waals surface area contributed by atoms with Crippen molar-refractivity contribution in [2.45, 2.75) is 32.2 Å². The molecule has 0 aliphatic heterocycles. The molecule has 2 rings (SSSR count). The molecule has 1 aromatic heterocycles. The minimum atomic E-state index is -1.15. The first-order valence-corrected chi connectivity index (χ1v) is 8.00. The fourth-order valence-corrected chi connectivity index (χ4v) is 2.72. The van der Waals surface area contributed by atoms with E-state index >= 15 is 0 Å². The summed E-state index contributed by atoms with van der Waals surface area (Å²) in [5.74, 6) is -2.71. The molecule has 0 saturated carbocycles. The standard InChI is InChI=1S/C19H22N2O4/c1-4-17(23)21-19(2,3)16(22)10-12(18(24)25)9-13-11-20-15-8-6-5-7-14(13)15/h4-8,11-12,20H,1,9-10H2,2-3H3,(H,21,23)(H,24,25). The lowest BCUT2D eigenvalue weighted by atomic mass is 9.87. The Morgan fingerprint density at radius 3 is 2.64 bits per heavy atom. The van der Waals surface area contributed by atoms with E-state index in [1.807, 2.05) is 24.3 Å². The summed E-state index contributed by atoms with van der Waals surface area (Å²) in [5, 5.41) is 13.0. The van der Waals surface area contributed by atoms with Crippen LogP contribution in [0.3, 0.4) is 0 Å². The number of carbonyl (C=O) groups excluding carboxylic acids is 2. The van der Waals surface area contributed by atoms with Gasteiger partial charge in [0.1, 0.15) is 0 Å². The Balaban J connectivity index is 2.16. The lowest BCUT2D eigenvalue weighted by molar-refractivity contribution is -0.144. The average molecular weight is 342 g/mol. The number of para-hydroxylation sites is 1. The molecule has 1 atom stereocenters. The van der Waals surface area contributed by atoms with Crippen LogP contribution in [0.5, 0.6) is 0 Å². The predicted molar refractivity (Wildman–Crippen MR) is 95.2 cm³/mol. The first kappa shape index (κ1) is 18.4. The maximum Gasteiger partial charge on any atom is 0.307 e. The number of aliphatic carboxylic acids is 1. The van der Waals surface area contributed by atoms with E-state index in [9.17, 15) is 19.5 Å². The molecule has 0 radical (unpaired) electrons. The highest BCUT2D eigenvalue weighted by Crippen LogP contribution is 2.23. The van der Waals surface area contributed by atoms with Gasteiger partial charge in [-0.3, -0.25) is 14.4 Å². The van der Waals surface area contributed by atoms with Crippen molar-refractivity contribution in [1.29, 1.82) is 0 Å². The fourth-order valence-electron chi connectivity index (χ4n) is 2.72. The van der Waals surface area contributed by atoms with Crippen molar-refractivity contribution in [2.24, 2.45) is 5.92 Å². The van der Waals surface area contributed by atoms with Gasteiger partial charge in [-0.05, 0) is 38.0 Å². The van der Waals surface area contributed by atoms with E-state index in [2.05, 4.69) is 16.9 Å². The number of hydrogen-bond donors (Lipinski definition) is 3. The van der Waals surface area contributed by atoms with Gasteiger partial charge in [-0.15, -0.1) is 0 Å². The summed E-state index contributed by atoms with van der Waals surface area (Å²) in [6.07, 6.45) is 2.92. The zero-order chi connectivity index (χ0) is 18.6. The van der Waals surface area contributed by atoms with Crippen LogP contribution < -0.4 is 5.32 Å². The number of fused-ring (bicyclic) bond motifs is 1. The molecule has 0 saturated heterocycles. The normalized spacial score (nSPS) is 12.6.